The van der Waals surface area contributed by atoms with Crippen molar-refractivity contribution in [3.8, 4) is 17.0 Å². The highest BCUT2D eigenvalue weighted by Crippen LogP contribution is 2.38. The minimum Gasteiger partial charge on any atom is -0.496 e. The molecule has 6 nitrogen and oxygen atoms in total. The number of aromatic nitrogens is 2. The fraction of sp³-hybridized carbons (Fsp3) is 0.321. The molecule has 2 aromatic heterocycles. The van der Waals surface area contributed by atoms with Gasteiger partial charge in [-0.2, -0.15) is 0 Å². The van der Waals surface area contributed by atoms with Crippen molar-refractivity contribution in [3.05, 3.63) is 76.5 Å². The number of amides is 1. The molecule has 1 aliphatic rings. The zero-order valence-electron chi connectivity index (χ0n) is 20.4. The van der Waals surface area contributed by atoms with Crippen LogP contribution in [0.15, 0.2) is 61.1 Å². The lowest BCUT2D eigenvalue weighted by molar-refractivity contribution is 0.0604. The van der Waals surface area contributed by atoms with Crippen molar-refractivity contribution < 1.29 is 9.53 Å². The molecular weight excluding hydrogens is 492 g/mol. The number of thiophene rings is 1. The van der Waals surface area contributed by atoms with Gasteiger partial charge in [-0.3, -0.25) is 14.8 Å². The molecule has 2 aromatic carbocycles. The monoisotopic (exact) mass is 520 g/mol. The Labute approximate surface area is 220 Å². The minimum absolute atomic E-state index is 0.0268. The average molecular weight is 521 g/mol. The molecule has 0 radical (unpaired) electrons. The first kappa shape index (κ1) is 24.7. The fourth-order valence-electron chi connectivity index (χ4n) is 5.02. The summed E-state index contributed by atoms with van der Waals surface area (Å²) in [5.74, 6) is 0.716. The fourth-order valence-corrected chi connectivity index (χ4v) is 6.49. The lowest BCUT2D eigenvalue weighted by Gasteiger charge is -2.37. The molecule has 1 saturated carbocycles. The molecule has 1 amide bonds. The van der Waals surface area contributed by atoms with Crippen LogP contribution < -0.4 is 10.1 Å². The number of fused-ring (bicyclic) bond motifs is 1. The molecule has 36 heavy (non-hydrogen) atoms. The normalized spacial score (nSPS) is 17.8. The third kappa shape index (κ3) is 4.96. The maximum Gasteiger partial charge on any atom is 0.266 e. The number of hydrogen-bond donors (Lipinski definition) is 1. The zero-order chi connectivity index (χ0) is 25.1. The van der Waals surface area contributed by atoms with E-state index in [2.05, 4.69) is 21.4 Å². The molecule has 0 bridgehead atoms. The quantitative estimate of drug-likeness (QED) is 0.314. The van der Waals surface area contributed by atoms with Crippen LogP contribution in [0.25, 0.3) is 21.3 Å². The molecule has 186 valence electrons. The van der Waals surface area contributed by atoms with Crippen LogP contribution >= 0.6 is 22.9 Å². The molecule has 8 heteroatoms. The number of halogens is 1. The Morgan fingerprint density at radius 1 is 1.17 bits per heavy atom. The van der Waals surface area contributed by atoms with Crippen LogP contribution in [0.5, 0.6) is 5.75 Å². The second-order valence-corrected chi connectivity index (χ2v) is 10.5. The summed E-state index contributed by atoms with van der Waals surface area (Å²) in [5.41, 5.74) is 2.65. The van der Waals surface area contributed by atoms with E-state index < -0.39 is 0 Å². The summed E-state index contributed by atoms with van der Waals surface area (Å²) in [6, 6.07) is 14.5. The molecule has 0 unspecified atom stereocenters. The van der Waals surface area contributed by atoms with Gasteiger partial charge in [0.2, 0.25) is 0 Å². The molecule has 0 spiro atoms. The molecule has 1 aliphatic carbocycles. The van der Waals surface area contributed by atoms with Crippen molar-refractivity contribution >= 4 is 38.9 Å². The first-order chi connectivity index (χ1) is 17.6. The number of nitrogens with one attached hydrogen (secondary N) is 1. The molecule has 2 heterocycles. The largest absolute Gasteiger partial charge is 0.496 e. The van der Waals surface area contributed by atoms with Crippen LogP contribution in [-0.2, 0) is 6.54 Å². The van der Waals surface area contributed by atoms with Gasteiger partial charge in [0.15, 0.2) is 0 Å². The van der Waals surface area contributed by atoms with Crippen LogP contribution in [0.2, 0.25) is 5.02 Å². The van der Waals surface area contributed by atoms with Crippen LogP contribution in [0.1, 0.15) is 40.9 Å². The van der Waals surface area contributed by atoms with E-state index in [4.69, 9.17) is 16.3 Å². The van der Waals surface area contributed by atoms with Gasteiger partial charge in [-0.25, -0.2) is 0 Å². The predicted molar refractivity (Wildman–Crippen MR) is 146 cm³/mol. The standard InChI is InChI=1S/C28H29ClN4O2S/c1-30-20-8-10-21(11-9-20)33(28(34)27-26(29)22-5-3-4-6-25(22)36-27)17-19-15-18(7-12-24(19)35-2)23-16-31-13-14-32-23/h3-7,12-16,20-21,30H,8-11,17H2,1-2H3. The van der Waals surface area contributed by atoms with E-state index in [1.54, 1.807) is 25.7 Å². The zero-order valence-corrected chi connectivity index (χ0v) is 22.0. The SMILES string of the molecule is CNC1CCC(N(Cc2cc(-c3cnccn3)ccc2OC)C(=O)c2sc3ccccc3c2Cl)CC1. The van der Waals surface area contributed by atoms with Crippen LogP contribution in [-0.4, -0.2) is 47.0 Å². The van der Waals surface area contributed by atoms with Crippen molar-refractivity contribution in [2.45, 2.75) is 44.3 Å². The lowest BCUT2D eigenvalue weighted by Crippen LogP contribution is -2.44. The van der Waals surface area contributed by atoms with Gasteiger partial charge in [-0.1, -0.05) is 29.8 Å². The highest BCUT2D eigenvalue weighted by atomic mass is 35.5. The highest BCUT2D eigenvalue weighted by molar-refractivity contribution is 7.21. The van der Waals surface area contributed by atoms with E-state index >= 15 is 0 Å². The first-order valence-corrected chi connectivity index (χ1v) is 13.4. The Balaban J connectivity index is 1.53. The summed E-state index contributed by atoms with van der Waals surface area (Å²) in [5, 5.41) is 4.85. The number of ether oxygens (including phenoxy) is 1. The van der Waals surface area contributed by atoms with Gasteiger partial charge >= 0.3 is 0 Å². The summed E-state index contributed by atoms with van der Waals surface area (Å²) < 4.78 is 6.73. The van der Waals surface area contributed by atoms with Gasteiger partial charge < -0.3 is 15.0 Å². The molecule has 0 saturated heterocycles. The Morgan fingerprint density at radius 2 is 1.97 bits per heavy atom. The summed E-state index contributed by atoms with van der Waals surface area (Å²) in [6.07, 6.45) is 9.01. The number of nitrogens with zero attached hydrogens (tertiary/aromatic N) is 3. The summed E-state index contributed by atoms with van der Waals surface area (Å²) in [6.45, 7) is 0.426. The first-order valence-electron chi connectivity index (χ1n) is 12.2. The number of carbonyl (C=O) groups is 1. The van der Waals surface area contributed by atoms with Gasteiger partial charge in [0, 0.05) is 52.2 Å². The summed E-state index contributed by atoms with van der Waals surface area (Å²) >= 11 is 8.23. The molecule has 0 aliphatic heterocycles. The van der Waals surface area contributed by atoms with Gasteiger partial charge in [0.25, 0.3) is 5.91 Å². The second kappa shape index (κ2) is 10.9. The van der Waals surface area contributed by atoms with Crippen LogP contribution in [0.4, 0.5) is 0 Å². The molecule has 0 atom stereocenters. The topological polar surface area (TPSA) is 67.3 Å². The average Bonchev–Trinajstić information content (AvgIpc) is 3.28. The van der Waals surface area contributed by atoms with Crippen molar-refractivity contribution in [3.63, 3.8) is 0 Å². The van der Waals surface area contributed by atoms with Crippen molar-refractivity contribution in [1.29, 1.82) is 0 Å². The summed E-state index contributed by atoms with van der Waals surface area (Å²) in [7, 11) is 3.67. The number of hydrogen-bond acceptors (Lipinski definition) is 6. The summed E-state index contributed by atoms with van der Waals surface area (Å²) in [4.78, 5) is 25.4. The number of benzene rings is 2. The maximum atomic E-state index is 14.1. The van der Waals surface area contributed by atoms with Gasteiger partial charge in [0.05, 0.1) is 24.0 Å². The number of methoxy groups -OCH3 is 1. The van der Waals surface area contributed by atoms with E-state index in [1.165, 1.54) is 11.3 Å². The Bertz CT molecular complexity index is 1350. The van der Waals surface area contributed by atoms with E-state index in [-0.39, 0.29) is 11.9 Å². The second-order valence-electron chi connectivity index (χ2n) is 9.09. The van der Waals surface area contributed by atoms with E-state index in [0.717, 1.165) is 58.3 Å². The molecule has 1 fully saturated rings. The van der Waals surface area contributed by atoms with Gasteiger partial charge in [0.1, 0.15) is 10.6 Å². The predicted octanol–water partition coefficient (Wildman–Crippen LogP) is 6.19. The van der Waals surface area contributed by atoms with Gasteiger partial charge in [-0.15, -0.1) is 11.3 Å². The van der Waals surface area contributed by atoms with Crippen LogP contribution in [0.3, 0.4) is 0 Å². The Kier molecular flexibility index (Phi) is 7.51. The number of rotatable bonds is 7. The van der Waals surface area contributed by atoms with Crippen molar-refractivity contribution in [2.24, 2.45) is 0 Å². The smallest absolute Gasteiger partial charge is 0.266 e. The molecule has 5 rings (SSSR count). The van der Waals surface area contributed by atoms with E-state index in [0.29, 0.717) is 22.5 Å². The van der Waals surface area contributed by atoms with E-state index in [1.807, 2.05) is 48.3 Å². The maximum absolute atomic E-state index is 14.1. The van der Waals surface area contributed by atoms with Crippen molar-refractivity contribution in [1.82, 2.24) is 20.2 Å². The third-order valence-corrected chi connectivity index (χ3v) is 8.68. The van der Waals surface area contributed by atoms with Gasteiger partial charge in [-0.05, 0) is 57.0 Å². The highest BCUT2D eigenvalue weighted by Gasteiger charge is 2.32. The van der Waals surface area contributed by atoms with Crippen molar-refractivity contribution in [2.75, 3.05) is 14.2 Å². The molecule has 4 aromatic rings. The minimum atomic E-state index is -0.0268. The molecule has 1 N–H and O–H groups in total. The Hall–Kier alpha value is -3.00. The van der Waals surface area contributed by atoms with E-state index in [9.17, 15) is 4.79 Å². The Morgan fingerprint density at radius 3 is 2.67 bits per heavy atom. The molecular formula is C28H29ClN4O2S. The lowest BCUT2D eigenvalue weighted by atomic mass is 9.89. The van der Waals surface area contributed by atoms with Crippen LogP contribution in [0, 0.1) is 0 Å². The third-order valence-electron chi connectivity index (χ3n) is 7.02. The number of carbonyl (C=O) groups excluding carboxylic acids is 1.